The van der Waals surface area contributed by atoms with Gasteiger partial charge in [0.1, 0.15) is 11.6 Å². The van der Waals surface area contributed by atoms with E-state index in [0.29, 0.717) is 44.3 Å². The van der Waals surface area contributed by atoms with Gasteiger partial charge in [-0.1, -0.05) is 44.5 Å². The molecular formula is C33H48F2N4O4. The third-order valence-electron chi connectivity index (χ3n) is 8.19. The number of hydrogen-bond donors (Lipinski definition) is 3. The molecule has 238 valence electrons. The van der Waals surface area contributed by atoms with Gasteiger partial charge < -0.3 is 25.6 Å². The summed E-state index contributed by atoms with van der Waals surface area (Å²) in [6, 6.07) is 4.93. The second-order valence-corrected chi connectivity index (χ2v) is 12.5. The number of carbonyl (C=O) groups excluding carboxylic acids is 2. The number of nitrogens with one attached hydrogen (secondary N) is 1. The second-order valence-electron chi connectivity index (χ2n) is 12.5. The van der Waals surface area contributed by atoms with Crippen LogP contribution in [0.25, 0.3) is 0 Å². The van der Waals surface area contributed by atoms with Gasteiger partial charge in [-0.05, 0) is 82.0 Å². The van der Waals surface area contributed by atoms with E-state index in [4.69, 9.17) is 10.3 Å². The van der Waals surface area contributed by atoms with Gasteiger partial charge in [-0.2, -0.15) is 0 Å². The number of primary amides is 1. The number of benzene rings is 1. The van der Waals surface area contributed by atoms with Gasteiger partial charge in [-0.3, -0.25) is 9.59 Å². The zero-order valence-electron chi connectivity index (χ0n) is 26.2. The Hall–Kier alpha value is -3.11. The highest BCUT2D eigenvalue weighted by Crippen LogP contribution is 2.51. The SMILES string of the molecule is CCCN(CCC)C(=O)C1(CCCNCc2cc(CC(C)C)no2)CC(C)=C[C@](Cc2cc(F)cc(F)c2)(C(N)=O)[C@@H]1O. The number of aliphatic hydroxyl groups excluding tert-OH is 1. The fraction of sp³-hybridized carbons (Fsp3) is 0.606. The molecule has 0 radical (unpaired) electrons. The first-order valence-corrected chi connectivity index (χ1v) is 15.4. The topological polar surface area (TPSA) is 122 Å². The van der Waals surface area contributed by atoms with Gasteiger partial charge in [0.15, 0.2) is 5.76 Å². The minimum absolute atomic E-state index is 0.173. The number of aromatic nitrogens is 1. The van der Waals surface area contributed by atoms with Gasteiger partial charge in [0, 0.05) is 25.2 Å². The smallest absolute Gasteiger partial charge is 0.231 e. The summed E-state index contributed by atoms with van der Waals surface area (Å²) in [6.45, 7) is 12.0. The summed E-state index contributed by atoms with van der Waals surface area (Å²) in [4.78, 5) is 29.4. The number of halogens is 2. The largest absolute Gasteiger partial charge is 0.391 e. The summed E-state index contributed by atoms with van der Waals surface area (Å²) < 4.78 is 33.7. The van der Waals surface area contributed by atoms with E-state index in [2.05, 4.69) is 24.3 Å². The molecule has 4 N–H and O–H groups in total. The molecule has 2 aromatic rings. The Labute approximate surface area is 254 Å². The minimum atomic E-state index is -1.73. The molecule has 43 heavy (non-hydrogen) atoms. The van der Waals surface area contributed by atoms with Crippen molar-refractivity contribution in [3.63, 3.8) is 0 Å². The van der Waals surface area contributed by atoms with Crippen LogP contribution in [0.3, 0.4) is 0 Å². The van der Waals surface area contributed by atoms with Crippen molar-refractivity contribution in [2.45, 2.75) is 92.2 Å². The van der Waals surface area contributed by atoms with E-state index >= 15 is 0 Å². The first-order chi connectivity index (χ1) is 20.4. The Kier molecular flexibility index (Phi) is 12.0. The van der Waals surface area contributed by atoms with Crippen LogP contribution in [0.1, 0.15) is 83.7 Å². The van der Waals surface area contributed by atoms with Crippen LogP contribution in [0.5, 0.6) is 0 Å². The van der Waals surface area contributed by atoms with Crippen molar-refractivity contribution in [2.75, 3.05) is 19.6 Å². The van der Waals surface area contributed by atoms with E-state index in [9.17, 15) is 23.5 Å². The predicted molar refractivity (Wildman–Crippen MR) is 162 cm³/mol. The average molecular weight is 603 g/mol. The van der Waals surface area contributed by atoms with Crippen molar-refractivity contribution in [1.82, 2.24) is 15.4 Å². The van der Waals surface area contributed by atoms with Crippen LogP contribution in [0.15, 0.2) is 40.4 Å². The van der Waals surface area contributed by atoms with Crippen LogP contribution in [0.4, 0.5) is 8.78 Å². The Balaban J connectivity index is 1.92. The van der Waals surface area contributed by atoms with Crippen molar-refractivity contribution in [3.8, 4) is 0 Å². The molecule has 1 heterocycles. The molecule has 8 nitrogen and oxygen atoms in total. The summed E-state index contributed by atoms with van der Waals surface area (Å²) in [6.07, 6.45) is 3.16. The molecule has 2 amide bonds. The Morgan fingerprint density at radius 3 is 2.40 bits per heavy atom. The Bertz CT molecular complexity index is 1250. The van der Waals surface area contributed by atoms with Crippen molar-refractivity contribution in [3.05, 3.63) is 64.6 Å². The molecule has 0 fully saturated rings. The highest BCUT2D eigenvalue weighted by molar-refractivity contribution is 5.90. The lowest BCUT2D eigenvalue weighted by atomic mass is 9.57. The molecule has 3 rings (SSSR count). The summed E-state index contributed by atoms with van der Waals surface area (Å²) in [5.74, 6) is -1.50. The lowest BCUT2D eigenvalue weighted by Crippen LogP contribution is -2.62. The van der Waals surface area contributed by atoms with Gasteiger partial charge in [-0.15, -0.1) is 0 Å². The summed E-state index contributed by atoms with van der Waals surface area (Å²) in [7, 11) is 0. The molecule has 1 unspecified atom stereocenters. The van der Waals surface area contributed by atoms with Crippen molar-refractivity contribution in [2.24, 2.45) is 22.5 Å². The van der Waals surface area contributed by atoms with Crippen LogP contribution in [0, 0.1) is 28.4 Å². The summed E-state index contributed by atoms with van der Waals surface area (Å²) in [5.41, 5.74) is 4.68. The third-order valence-corrected chi connectivity index (χ3v) is 8.19. The molecule has 10 heteroatoms. The van der Waals surface area contributed by atoms with Gasteiger partial charge >= 0.3 is 0 Å². The fourth-order valence-corrected chi connectivity index (χ4v) is 6.54. The monoisotopic (exact) mass is 602 g/mol. The van der Waals surface area contributed by atoms with Crippen molar-refractivity contribution in [1.29, 1.82) is 0 Å². The quantitative estimate of drug-likeness (QED) is 0.182. The molecule has 0 saturated heterocycles. The maximum absolute atomic E-state index is 14.4. The summed E-state index contributed by atoms with van der Waals surface area (Å²) >= 11 is 0. The first kappa shape index (κ1) is 34.4. The highest BCUT2D eigenvalue weighted by atomic mass is 19.1. The Morgan fingerprint density at radius 1 is 1.16 bits per heavy atom. The minimum Gasteiger partial charge on any atom is -0.391 e. The molecule has 0 bridgehead atoms. The number of nitrogens with zero attached hydrogens (tertiary/aromatic N) is 2. The fourth-order valence-electron chi connectivity index (χ4n) is 6.54. The van der Waals surface area contributed by atoms with Gasteiger partial charge in [-0.25, -0.2) is 8.78 Å². The van der Waals surface area contributed by atoms with E-state index < -0.39 is 34.5 Å². The average Bonchev–Trinajstić information content (AvgIpc) is 3.36. The number of aliphatic hydroxyl groups is 1. The lowest BCUT2D eigenvalue weighted by molar-refractivity contribution is -0.162. The maximum Gasteiger partial charge on any atom is 0.231 e. The molecule has 1 aromatic carbocycles. The van der Waals surface area contributed by atoms with E-state index in [0.717, 1.165) is 48.7 Å². The molecule has 1 aliphatic rings. The van der Waals surface area contributed by atoms with E-state index in [1.807, 2.05) is 19.9 Å². The third kappa shape index (κ3) is 8.29. The highest BCUT2D eigenvalue weighted by Gasteiger charge is 2.59. The van der Waals surface area contributed by atoms with Crippen LogP contribution in [-0.2, 0) is 29.0 Å². The number of nitrogens with two attached hydrogens (primary N) is 1. The van der Waals surface area contributed by atoms with Crippen LogP contribution in [-0.4, -0.2) is 52.7 Å². The number of hydrogen-bond acceptors (Lipinski definition) is 6. The predicted octanol–water partition coefficient (Wildman–Crippen LogP) is 5.08. The molecule has 1 aliphatic carbocycles. The second kappa shape index (κ2) is 15.1. The maximum atomic E-state index is 14.4. The number of carbonyl (C=O) groups is 2. The van der Waals surface area contributed by atoms with E-state index in [1.165, 1.54) is 0 Å². The van der Waals surface area contributed by atoms with Gasteiger partial charge in [0.25, 0.3) is 0 Å². The van der Waals surface area contributed by atoms with Gasteiger partial charge in [0.2, 0.25) is 11.8 Å². The number of rotatable bonds is 16. The first-order valence-electron chi connectivity index (χ1n) is 15.4. The van der Waals surface area contributed by atoms with E-state index in [1.54, 1.807) is 17.9 Å². The van der Waals surface area contributed by atoms with Crippen LogP contribution in [0.2, 0.25) is 0 Å². The molecule has 1 aromatic heterocycles. The van der Waals surface area contributed by atoms with Crippen molar-refractivity contribution < 1.29 is 28.0 Å². The molecule has 3 atom stereocenters. The molecule has 0 saturated carbocycles. The summed E-state index contributed by atoms with van der Waals surface area (Å²) in [5, 5.41) is 19.6. The molecule has 0 spiro atoms. The molecule has 0 aliphatic heterocycles. The standard InChI is InChI=1S/C33H48F2N4O4/c1-6-11-39(12-7-2)31(42)32(9-8-10-37-21-28-17-27(38-43-28)13-22(3)4)18-23(5)19-33(29(32)40,30(36)41)20-24-14-25(34)16-26(35)15-24/h14-17,19,22,29,37,40H,6-13,18,20-21H2,1-5H3,(H2,36,41)/t29-,32?,33-/m1/s1. The lowest BCUT2D eigenvalue weighted by Gasteiger charge is -2.50. The van der Waals surface area contributed by atoms with Gasteiger partial charge in [0.05, 0.1) is 29.2 Å². The zero-order valence-corrected chi connectivity index (χ0v) is 26.2. The zero-order chi connectivity index (χ0) is 31.8. The molecular weight excluding hydrogens is 554 g/mol. The van der Waals surface area contributed by atoms with Crippen LogP contribution >= 0.6 is 0 Å². The van der Waals surface area contributed by atoms with Crippen molar-refractivity contribution >= 4 is 11.8 Å². The van der Waals surface area contributed by atoms with E-state index in [-0.39, 0.29) is 30.7 Å². The number of amides is 2. The normalized spacial score (nSPS) is 22.1. The van der Waals surface area contributed by atoms with Crippen LogP contribution < -0.4 is 11.1 Å². The number of allylic oxidation sites excluding steroid dienone is 1. The Morgan fingerprint density at radius 2 is 1.81 bits per heavy atom.